The van der Waals surface area contributed by atoms with Crippen LogP contribution in [0.5, 0.6) is 0 Å². The van der Waals surface area contributed by atoms with Crippen molar-refractivity contribution in [1.82, 2.24) is 5.32 Å². The molecule has 0 spiro atoms. The van der Waals surface area contributed by atoms with Gasteiger partial charge in [-0.15, -0.1) is 8.58 Å². The smallest absolute Gasteiger partial charge is 0.307 e. The van der Waals surface area contributed by atoms with E-state index in [0.717, 1.165) is 20.7 Å². The molecule has 1 N–H and O–H groups in total. The van der Waals surface area contributed by atoms with Crippen molar-refractivity contribution in [3.8, 4) is 0 Å². The zero-order valence-electron chi connectivity index (χ0n) is 9.88. The fourth-order valence-electron chi connectivity index (χ4n) is 1.61. The van der Waals surface area contributed by atoms with Crippen molar-refractivity contribution in [2.45, 2.75) is 57.0 Å². The van der Waals surface area contributed by atoms with Gasteiger partial charge < -0.3 is 10.1 Å². The number of hydrogen-bond acceptors (Lipinski definition) is 3. The Morgan fingerprint density at radius 3 is 2.73 bits per heavy atom. The van der Waals surface area contributed by atoms with Crippen LogP contribution in [-0.4, -0.2) is 30.6 Å². The first-order valence-corrected chi connectivity index (χ1v) is 6.90. The highest BCUT2D eigenvalue weighted by atomic mass is 31.1. The van der Waals surface area contributed by atoms with Gasteiger partial charge in [-0.1, -0.05) is 6.92 Å². The van der Waals surface area contributed by atoms with Crippen LogP contribution in [-0.2, 0) is 9.53 Å². The summed E-state index contributed by atoms with van der Waals surface area (Å²) in [6.45, 7) is 4.32. The summed E-state index contributed by atoms with van der Waals surface area (Å²) in [6, 6.07) is 0.277. The third-order valence-corrected chi connectivity index (χ3v) is 4.40. The van der Waals surface area contributed by atoms with Crippen molar-refractivity contribution in [2.75, 3.05) is 7.11 Å². The standard InChI is InChI=1S/C11H22NO2P/c1-4-9(7-11(13)14-3)12-8(2)15-10-5-6-10/h8-10,12,15H,4-7H2,1-3H3/t8-,9+/m1/s1. The predicted octanol–water partition coefficient (Wildman–Crippen LogP) is 2.10. The molecule has 1 unspecified atom stereocenters. The summed E-state index contributed by atoms with van der Waals surface area (Å²) >= 11 is 0. The third-order valence-electron chi connectivity index (χ3n) is 2.68. The van der Waals surface area contributed by atoms with E-state index in [1.54, 1.807) is 0 Å². The lowest BCUT2D eigenvalue weighted by atomic mass is 10.1. The molecule has 1 rings (SSSR count). The number of hydrogen-bond donors (Lipinski definition) is 1. The van der Waals surface area contributed by atoms with E-state index >= 15 is 0 Å². The number of rotatable bonds is 7. The van der Waals surface area contributed by atoms with Gasteiger partial charge >= 0.3 is 5.97 Å². The molecule has 0 saturated heterocycles. The second-order valence-corrected chi connectivity index (χ2v) is 6.23. The van der Waals surface area contributed by atoms with Crippen LogP contribution >= 0.6 is 8.58 Å². The second-order valence-electron chi connectivity index (χ2n) is 4.21. The van der Waals surface area contributed by atoms with E-state index in [-0.39, 0.29) is 12.0 Å². The molecular formula is C11H22NO2P. The van der Waals surface area contributed by atoms with Crippen LogP contribution in [0.3, 0.4) is 0 Å². The summed E-state index contributed by atoms with van der Waals surface area (Å²) in [4.78, 5) is 11.1. The Bertz CT molecular complexity index is 207. The Hall–Kier alpha value is -0.140. The first-order valence-electron chi connectivity index (χ1n) is 5.74. The fraction of sp³-hybridized carbons (Fsp3) is 0.909. The lowest BCUT2D eigenvalue weighted by Gasteiger charge is -2.21. The number of esters is 1. The maximum Gasteiger partial charge on any atom is 0.307 e. The summed E-state index contributed by atoms with van der Waals surface area (Å²) in [5.74, 6) is 0.434. The molecule has 1 aliphatic carbocycles. The molecule has 3 atom stereocenters. The first kappa shape index (κ1) is 12.9. The fourth-order valence-corrected chi connectivity index (χ4v) is 3.15. The van der Waals surface area contributed by atoms with E-state index < -0.39 is 0 Å². The Morgan fingerprint density at radius 2 is 2.27 bits per heavy atom. The molecule has 1 aliphatic rings. The van der Waals surface area contributed by atoms with Crippen molar-refractivity contribution in [3.05, 3.63) is 0 Å². The minimum absolute atomic E-state index is 0.115. The van der Waals surface area contributed by atoms with Crippen molar-refractivity contribution in [3.63, 3.8) is 0 Å². The van der Waals surface area contributed by atoms with E-state index in [0.29, 0.717) is 12.2 Å². The van der Waals surface area contributed by atoms with Gasteiger partial charge in [-0.2, -0.15) is 0 Å². The highest BCUT2D eigenvalue weighted by molar-refractivity contribution is 7.40. The molecule has 0 bridgehead atoms. The average Bonchev–Trinajstić information content (AvgIpc) is 3.00. The number of carbonyl (C=O) groups excluding carboxylic acids is 1. The molecule has 15 heavy (non-hydrogen) atoms. The summed E-state index contributed by atoms with van der Waals surface area (Å²) in [6.07, 6.45) is 4.28. The Balaban J connectivity index is 2.21. The second kappa shape index (κ2) is 6.44. The Labute approximate surface area is 94.1 Å². The van der Waals surface area contributed by atoms with Crippen LogP contribution in [0, 0.1) is 0 Å². The molecule has 0 aromatic heterocycles. The maximum absolute atomic E-state index is 11.1. The van der Waals surface area contributed by atoms with Crippen LogP contribution in [0.4, 0.5) is 0 Å². The number of methoxy groups -OCH3 is 1. The van der Waals surface area contributed by atoms with Gasteiger partial charge in [0.15, 0.2) is 0 Å². The molecule has 4 heteroatoms. The molecule has 0 aromatic rings. The lowest BCUT2D eigenvalue weighted by molar-refractivity contribution is -0.141. The topological polar surface area (TPSA) is 38.3 Å². The minimum Gasteiger partial charge on any atom is -0.469 e. The predicted molar refractivity (Wildman–Crippen MR) is 64.6 cm³/mol. The summed E-state index contributed by atoms with van der Waals surface area (Å²) in [5.41, 5.74) is 0.961. The molecule has 0 heterocycles. The van der Waals surface area contributed by atoms with E-state index in [4.69, 9.17) is 0 Å². The van der Waals surface area contributed by atoms with E-state index in [9.17, 15) is 4.79 Å². The van der Waals surface area contributed by atoms with Gasteiger partial charge in [0.1, 0.15) is 0 Å². The monoisotopic (exact) mass is 231 g/mol. The van der Waals surface area contributed by atoms with Gasteiger partial charge in [0.2, 0.25) is 0 Å². The number of ether oxygens (including phenoxy) is 1. The van der Waals surface area contributed by atoms with Crippen molar-refractivity contribution >= 4 is 14.6 Å². The summed E-state index contributed by atoms with van der Waals surface area (Å²) in [7, 11) is 2.45. The van der Waals surface area contributed by atoms with Crippen molar-refractivity contribution < 1.29 is 9.53 Å². The van der Waals surface area contributed by atoms with Crippen LogP contribution in [0.1, 0.15) is 39.5 Å². The molecule has 0 radical (unpaired) electrons. The van der Waals surface area contributed by atoms with Gasteiger partial charge in [0, 0.05) is 11.8 Å². The number of carbonyl (C=O) groups is 1. The van der Waals surface area contributed by atoms with E-state index in [2.05, 4.69) is 23.9 Å². The molecule has 3 nitrogen and oxygen atoms in total. The summed E-state index contributed by atoms with van der Waals surface area (Å²) < 4.78 is 4.68. The normalized spacial score (nSPS) is 20.5. The Kier molecular flexibility index (Phi) is 5.55. The molecule has 1 saturated carbocycles. The SMILES string of the molecule is CC[C@@H](CC(=O)OC)N[C@@H](C)PC1CC1. The van der Waals surface area contributed by atoms with Crippen LogP contribution in [0.15, 0.2) is 0 Å². The zero-order valence-corrected chi connectivity index (χ0v) is 10.9. The van der Waals surface area contributed by atoms with Gasteiger partial charge in [-0.05, 0) is 31.8 Å². The summed E-state index contributed by atoms with van der Waals surface area (Å²) in [5, 5.41) is 3.51. The molecular weight excluding hydrogens is 209 g/mol. The van der Waals surface area contributed by atoms with E-state index in [1.807, 2.05) is 0 Å². The quantitative estimate of drug-likeness (QED) is 0.538. The van der Waals surface area contributed by atoms with Gasteiger partial charge in [-0.25, -0.2) is 0 Å². The highest BCUT2D eigenvalue weighted by Crippen LogP contribution is 2.41. The largest absolute Gasteiger partial charge is 0.469 e. The number of nitrogens with one attached hydrogen (secondary N) is 1. The van der Waals surface area contributed by atoms with Gasteiger partial charge in [-0.3, -0.25) is 4.79 Å². The van der Waals surface area contributed by atoms with Gasteiger partial charge in [0.05, 0.1) is 13.5 Å². The molecule has 0 aromatic carbocycles. The van der Waals surface area contributed by atoms with Crippen molar-refractivity contribution in [1.29, 1.82) is 0 Å². The third kappa shape index (κ3) is 5.48. The molecule has 88 valence electrons. The van der Waals surface area contributed by atoms with Gasteiger partial charge in [0.25, 0.3) is 0 Å². The molecule has 0 amide bonds. The highest BCUT2D eigenvalue weighted by Gasteiger charge is 2.24. The lowest BCUT2D eigenvalue weighted by Crippen LogP contribution is -2.35. The van der Waals surface area contributed by atoms with E-state index in [1.165, 1.54) is 20.0 Å². The maximum atomic E-state index is 11.1. The first-order chi connectivity index (χ1) is 7.15. The van der Waals surface area contributed by atoms with Crippen LogP contribution in [0.2, 0.25) is 0 Å². The molecule has 1 fully saturated rings. The minimum atomic E-state index is -0.115. The average molecular weight is 231 g/mol. The van der Waals surface area contributed by atoms with Crippen LogP contribution in [0.25, 0.3) is 0 Å². The van der Waals surface area contributed by atoms with Crippen molar-refractivity contribution in [2.24, 2.45) is 0 Å². The van der Waals surface area contributed by atoms with Crippen LogP contribution < -0.4 is 5.32 Å². The zero-order chi connectivity index (χ0) is 11.3. The molecule has 0 aliphatic heterocycles. The Morgan fingerprint density at radius 1 is 1.60 bits per heavy atom.